The lowest BCUT2D eigenvalue weighted by Gasteiger charge is -2.34. The van der Waals surface area contributed by atoms with E-state index in [9.17, 15) is 0 Å². The van der Waals surface area contributed by atoms with Gasteiger partial charge in [0.05, 0.1) is 5.41 Å². The molecular weight excluding hydrogens is 655 g/mol. The van der Waals surface area contributed by atoms with Crippen molar-refractivity contribution >= 4 is 16.3 Å². The van der Waals surface area contributed by atoms with Gasteiger partial charge in [-0.1, -0.05) is 183 Å². The third-order valence-electron chi connectivity index (χ3n) is 11.2. The maximum absolute atomic E-state index is 5.28. The maximum atomic E-state index is 5.28. The normalized spacial score (nSPS) is 15.4. The first-order valence-electron chi connectivity index (χ1n) is 18.8. The summed E-state index contributed by atoms with van der Waals surface area (Å²) in [5.41, 5.74) is 12.4. The van der Waals surface area contributed by atoms with E-state index in [1.54, 1.807) is 0 Å². The van der Waals surface area contributed by atoms with Crippen molar-refractivity contribution in [3.8, 4) is 45.0 Å². The van der Waals surface area contributed by atoms with Crippen LogP contribution >= 0.6 is 0 Å². The van der Waals surface area contributed by atoms with Gasteiger partial charge in [0.25, 0.3) is 0 Å². The fraction of sp³-hybridized carbons (Fsp3) is 0.0784. The molecule has 256 valence electrons. The molecular formula is C51H37N3. The van der Waals surface area contributed by atoms with Crippen molar-refractivity contribution in [3.05, 3.63) is 216 Å². The number of fused-ring (bicyclic) bond motifs is 4. The van der Waals surface area contributed by atoms with Crippen LogP contribution in [0.4, 0.5) is 0 Å². The Balaban J connectivity index is 1.26. The average molecular weight is 692 g/mol. The minimum absolute atomic E-state index is 0.409. The summed E-state index contributed by atoms with van der Waals surface area (Å²) < 4.78 is 0. The second-order valence-corrected chi connectivity index (χ2v) is 14.4. The lowest BCUT2D eigenvalue weighted by Crippen LogP contribution is -2.28. The Morgan fingerprint density at radius 2 is 1.11 bits per heavy atom. The molecule has 1 heterocycles. The van der Waals surface area contributed by atoms with Crippen LogP contribution in [0.1, 0.15) is 41.4 Å². The molecule has 1 aromatic heterocycles. The Morgan fingerprint density at radius 1 is 0.500 bits per heavy atom. The molecule has 0 spiro atoms. The molecule has 54 heavy (non-hydrogen) atoms. The largest absolute Gasteiger partial charge is 0.209 e. The van der Waals surface area contributed by atoms with E-state index in [-0.39, 0.29) is 0 Å². The second kappa shape index (κ2) is 13.1. The standard InChI is InChI=1S/C51H37N3/c1-34-16-15-20-38(32-34)49-52-48(36-18-5-2-6-19-36)53-50(54-49)44-31-28-35-17-11-12-25-41(35)47(44)37-29-30-43-42-26-13-14-27-45(42)51(46(43)33-37,39-21-7-3-8-22-39)40-23-9-4-10-24-40/h2-31,33-34H,32H2,1H3. The van der Waals surface area contributed by atoms with Gasteiger partial charge in [-0.2, -0.15) is 0 Å². The molecule has 10 rings (SSSR count). The van der Waals surface area contributed by atoms with Gasteiger partial charge < -0.3 is 0 Å². The molecule has 1 atom stereocenters. The number of hydrogen-bond donors (Lipinski definition) is 0. The number of benzene rings is 7. The highest BCUT2D eigenvalue weighted by atomic mass is 15.0. The molecule has 0 saturated heterocycles. The lowest BCUT2D eigenvalue weighted by atomic mass is 9.67. The molecule has 0 N–H and O–H groups in total. The van der Waals surface area contributed by atoms with Gasteiger partial charge in [-0.3, -0.25) is 0 Å². The molecule has 8 aromatic rings. The molecule has 2 aliphatic carbocycles. The maximum Gasteiger partial charge on any atom is 0.164 e. The molecule has 0 amide bonds. The van der Waals surface area contributed by atoms with Crippen molar-refractivity contribution in [2.45, 2.75) is 18.8 Å². The molecule has 0 aliphatic heterocycles. The van der Waals surface area contributed by atoms with Crippen molar-refractivity contribution in [2.24, 2.45) is 5.92 Å². The highest BCUT2D eigenvalue weighted by Gasteiger charge is 2.46. The zero-order valence-corrected chi connectivity index (χ0v) is 30.0. The second-order valence-electron chi connectivity index (χ2n) is 14.4. The Kier molecular flexibility index (Phi) is 7.73. The zero-order chi connectivity index (χ0) is 36.1. The third kappa shape index (κ3) is 5.15. The Bertz CT molecular complexity index is 2710. The fourth-order valence-electron chi connectivity index (χ4n) is 8.74. The van der Waals surface area contributed by atoms with Crippen molar-refractivity contribution in [3.63, 3.8) is 0 Å². The van der Waals surface area contributed by atoms with E-state index in [2.05, 4.69) is 177 Å². The molecule has 0 fully saturated rings. The van der Waals surface area contributed by atoms with Crippen LogP contribution in [0.2, 0.25) is 0 Å². The predicted molar refractivity (Wildman–Crippen MR) is 222 cm³/mol. The number of nitrogens with zero attached hydrogens (tertiary/aromatic N) is 3. The number of hydrogen-bond acceptors (Lipinski definition) is 3. The van der Waals surface area contributed by atoms with Gasteiger partial charge in [0.2, 0.25) is 0 Å². The van der Waals surface area contributed by atoms with Crippen molar-refractivity contribution in [1.29, 1.82) is 0 Å². The highest BCUT2D eigenvalue weighted by molar-refractivity contribution is 6.04. The summed E-state index contributed by atoms with van der Waals surface area (Å²) in [7, 11) is 0. The van der Waals surface area contributed by atoms with Crippen LogP contribution in [0.5, 0.6) is 0 Å². The van der Waals surface area contributed by atoms with Gasteiger partial charge in [-0.25, -0.2) is 15.0 Å². The predicted octanol–water partition coefficient (Wildman–Crippen LogP) is 12.4. The van der Waals surface area contributed by atoms with Crippen molar-refractivity contribution in [1.82, 2.24) is 15.0 Å². The first-order valence-corrected chi connectivity index (χ1v) is 18.8. The summed E-state index contributed by atoms with van der Waals surface area (Å²) in [6.45, 7) is 2.24. The summed E-state index contributed by atoms with van der Waals surface area (Å²) in [4.78, 5) is 15.6. The summed E-state index contributed by atoms with van der Waals surface area (Å²) in [5.74, 6) is 2.48. The van der Waals surface area contributed by atoms with E-state index in [4.69, 9.17) is 15.0 Å². The molecule has 0 saturated carbocycles. The first kappa shape index (κ1) is 32.0. The van der Waals surface area contributed by atoms with Gasteiger partial charge >= 0.3 is 0 Å². The Hall–Kier alpha value is -6.71. The summed E-state index contributed by atoms with van der Waals surface area (Å²) >= 11 is 0. The van der Waals surface area contributed by atoms with Crippen LogP contribution < -0.4 is 0 Å². The molecule has 2 aliphatic rings. The minimum atomic E-state index is -0.506. The van der Waals surface area contributed by atoms with Crippen LogP contribution in [0.25, 0.3) is 61.4 Å². The monoisotopic (exact) mass is 691 g/mol. The van der Waals surface area contributed by atoms with Crippen LogP contribution in [-0.4, -0.2) is 15.0 Å². The van der Waals surface area contributed by atoms with E-state index in [0.29, 0.717) is 17.6 Å². The van der Waals surface area contributed by atoms with Crippen molar-refractivity contribution in [2.75, 3.05) is 0 Å². The van der Waals surface area contributed by atoms with E-state index in [1.165, 1.54) is 38.8 Å². The number of rotatable bonds is 6. The van der Waals surface area contributed by atoms with Gasteiger partial charge in [0.1, 0.15) is 0 Å². The highest BCUT2D eigenvalue weighted by Crippen LogP contribution is 2.57. The smallest absolute Gasteiger partial charge is 0.164 e. The van der Waals surface area contributed by atoms with E-state index in [0.717, 1.165) is 45.5 Å². The SMILES string of the molecule is CC1C=CC=C(c2nc(-c3ccccc3)nc(-c3ccc4ccccc4c3-c3ccc4c(c3)C(c3ccccc3)(c3ccccc3)c3ccccc3-4)n2)C1. The van der Waals surface area contributed by atoms with Crippen LogP contribution in [0.3, 0.4) is 0 Å². The molecule has 3 nitrogen and oxygen atoms in total. The summed E-state index contributed by atoms with van der Waals surface area (Å²) in [6, 6.07) is 61.3. The molecule has 0 radical (unpaired) electrons. The third-order valence-corrected chi connectivity index (χ3v) is 11.2. The molecule has 3 heteroatoms. The van der Waals surface area contributed by atoms with Crippen LogP contribution in [0, 0.1) is 5.92 Å². The Morgan fingerprint density at radius 3 is 1.87 bits per heavy atom. The molecule has 1 unspecified atom stereocenters. The van der Waals surface area contributed by atoms with E-state index < -0.39 is 5.41 Å². The van der Waals surface area contributed by atoms with Gasteiger partial charge in [0, 0.05) is 16.7 Å². The molecule has 0 bridgehead atoms. The lowest BCUT2D eigenvalue weighted by molar-refractivity contribution is 0.742. The summed E-state index contributed by atoms with van der Waals surface area (Å²) in [6.07, 6.45) is 7.40. The Labute approximate surface area is 316 Å². The van der Waals surface area contributed by atoms with E-state index in [1.807, 2.05) is 18.2 Å². The fourth-order valence-corrected chi connectivity index (χ4v) is 8.74. The van der Waals surface area contributed by atoms with Crippen LogP contribution in [0.15, 0.2) is 188 Å². The number of allylic oxidation sites excluding steroid dienone is 4. The van der Waals surface area contributed by atoms with Gasteiger partial charge in [-0.15, -0.1) is 0 Å². The quantitative estimate of drug-likeness (QED) is 0.174. The zero-order valence-electron chi connectivity index (χ0n) is 30.0. The van der Waals surface area contributed by atoms with E-state index >= 15 is 0 Å². The van der Waals surface area contributed by atoms with Gasteiger partial charge in [-0.05, 0) is 79.8 Å². The average Bonchev–Trinajstić information content (AvgIpc) is 3.54. The first-order chi connectivity index (χ1) is 26.7. The topological polar surface area (TPSA) is 38.7 Å². The van der Waals surface area contributed by atoms with Gasteiger partial charge in [0.15, 0.2) is 17.5 Å². The van der Waals surface area contributed by atoms with Crippen LogP contribution in [-0.2, 0) is 5.41 Å². The molecule has 7 aromatic carbocycles. The number of aromatic nitrogens is 3. The van der Waals surface area contributed by atoms with Crippen molar-refractivity contribution < 1.29 is 0 Å². The minimum Gasteiger partial charge on any atom is -0.209 e. The summed E-state index contributed by atoms with van der Waals surface area (Å²) in [5, 5.41) is 2.33.